The number of nitrogens with one attached hydrogen (secondary N) is 2. The molecule has 126 valence electrons. The third kappa shape index (κ3) is 4.22. The topological polar surface area (TPSA) is 70.1 Å². The molecular weight excluding hydrogens is 380 g/mol. The first-order valence-corrected chi connectivity index (χ1v) is 8.55. The molecule has 0 saturated carbocycles. The molecule has 0 atom stereocenters. The molecule has 0 unspecified atom stereocenters. The largest absolute Gasteiger partial charge is 0.289 e. The van der Waals surface area contributed by atoms with Crippen LogP contribution in [-0.4, -0.2) is 21.8 Å². The number of benzene rings is 2. The number of rotatable bonds is 4. The van der Waals surface area contributed by atoms with Crippen molar-refractivity contribution in [3.05, 3.63) is 75.9 Å². The number of hydrogen-bond acceptors (Lipinski definition) is 3. The molecule has 1 amide bonds. The van der Waals surface area contributed by atoms with Crippen LogP contribution in [0.5, 0.6) is 0 Å². The van der Waals surface area contributed by atoms with Crippen molar-refractivity contribution >= 4 is 27.5 Å². The standard InChI is InChI=1S/C19H17BrN4O/c1-12-3-5-15(6-4-12)17-11-18(23-22-17)19(25)24-21-13(2)14-7-9-16(20)10-8-14/h3-11H,1-2H3,(H,22,23)(H,24,25)/b21-13+. The van der Waals surface area contributed by atoms with Crippen molar-refractivity contribution in [3.63, 3.8) is 0 Å². The Morgan fingerprint density at radius 2 is 1.80 bits per heavy atom. The van der Waals surface area contributed by atoms with E-state index < -0.39 is 0 Å². The average molecular weight is 397 g/mol. The first-order chi connectivity index (χ1) is 12.0. The van der Waals surface area contributed by atoms with Gasteiger partial charge in [-0.1, -0.05) is 57.9 Å². The van der Waals surface area contributed by atoms with Crippen molar-refractivity contribution in [1.29, 1.82) is 0 Å². The van der Waals surface area contributed by atoms with Gasteiger partial charge in [0.05, 0.1) is 11.4 Å². The van der Waals surface area contributed by atoms with E-state index in [0.717, 1.165) is 27.0 Å². The van der Waals surface area contributed by atoms with E-state index >= 15 is 0 Å². The summed E-state index contributed by atoms with van der Waals surface area (Å²) in [6, 6.07) is 17.4. The lowest BCUT2D eigenvalue weighted by Gasteiger charge is -2.02. The number of aromatic amines is 1. The second-order valence-corrected chi connectivity index (χ2v) is 6.59. The Morgan fingerprint density at radius 3 is 2.48 bits per heavy atom. The molecule has 6 heteroatoms. The van der Waals surface area contributed by atoms with Crippen LogP contribution in [0.4, 0.5) is 0 Å². The number of carbonyl (C=O) groups excluding carboxylic acids is 1. The van der Waals surface area contributed by atoms with Crippen LogP contribution in [-0.2, 0) is 0 Å². The number of hydrogen-bond donors (Lipinski definition) is 2. The van der Waals surface area contributed by atoms with Crippen molar-refractivity contribution in [2.75, 3.05) is 0 Å². The second-order valence-electron chi connectivity index (χ2n) is 5.68. The van der Waals surface area contributed by atoms with Crippen LogP contribution in [0.2, 0.25) is 0 Å². The zero-order valence-corrected chi connectivity index (χ0v) is 15.5. The lowest BCUT2D eigenvalue weighted by molar-refractivity contribution is 0.0950. The van der Waals surface area contributed by atoms with Crippen LogP contribution in [0.15, 0.2) is 64.2 Å². The fourth-order valence-electron chi connectivity index (χ4n) is 2.26. The van der Waals surface area contributed by atoms with Crippen LogP contribution in [0.1, 0.15) is 28.5 Å². The maximum atomic E-state index is 12.2. The third-order valence-electron chi connectivity index (χ3n) is 3.76. The molecule has 0 aliphatic carbocycles. The van der Waals surface area contributed by atoms with Gasteiger partial charge in [0.1, 0.15) is 5.69 Å². The summed E-state index contributed by atoms with van der Waals surface area (Å²) >= 11 is 3.39. The van der Waals surface area contributed by atoms with Crippen molar-refractivity contribution in [3.8, 4) is 11.3 Å². The number of amides is 1. The monoisotopic (exact) mass is 396 g/mol. The summed E-state index contributed by atoms with van der Waals surface area (Å²) in [6.07, 6.45) is 0. The van der Waals surface area contributed by atoms with Crippen LogP contribution in [0.3, 0.4) is 0 Å². The summed E-state index contributed by atoms with van der Waals surface area (Å²) < 4.78 is 0.995. The minimum Gasteiger partial charge on any atom is -0.272 e. The highest BCUT2D eigenvalue weighted by Crippen LogP contribution is 2.18. The molecule has 5 nitrogen and oxygen atoms in total. The van der Waals surface area contributed by atoms with Gasteiger partial charge < -0.3 is 0 Å². The predicted molar refractivity (Wildman–Crippen MR) is 103 cm³/mol. The van der Waals surface area contributed by atoms with Gasteiger partial charge in [0.15, 0.2) is 0 Å². The number of nitrogens with zero attached hydrogens (tertiary/aromatic N) is 2. The minimum atomic E-state index is -0.331. The summed E-state index contributed by atoms with van der Waals surface area (Å²) in [4.78, 5) is 12.2. The number of halogens is 1. The third-order valence-corrected chi connectivity index (χ3v) is 4.29. The van der Waals surface area contributed by atoms with Crippen molar-refractivity contribution in [2.24, 2.45) is 5.10 Å². The summed E-state index contributed by atoms with van der Waals surface area (Å²) in [7, 11) is 0. The van der Waals surface area contributed by atoms with Gasteiger partial charge in [-0.05, 0) is 37.6 Å². The molecule has 0 aliphatic rings. The quantitative estimate of drug-likeness (QED) is 0.509. The first kappa shape index (κ1) is 17.1. The highest BCUT2D eigenvalue weighted by atomic mass is 79.9. The van der Waals surface area contributed by atoms with Crippen LogP contribution < -0.4 is 5.43 Å². The van der Waals surface area contributed by atoms with E-state index in [-0.39, 0.29) is 5.91 Å². The maximum absolute atomic E-state index is 12.2. The highest BCUT2D eigenvalue weighted by molar-refractivity contribution is 9.10. The van der Waals surface area contributed by atoms with E-state index in [1.807, 2.05) is 62.4 Å². The summed E-state index contributed by atoms with van der Waals surface area (Å²) in [6.45, 7) is 3.87. The summed E-state index contributed by atoms with van der Waals surface area (Å²) in [5.41, 5.74) is 7.43. The summed E-state index contributed by atoms with van der Waals surface area (Å²) in [5, 5.41) is 11.1. The van der Waals surface area contributed by atoms with E-state index in [1.54, 1.807) is 6.07 Å². The second kappa shape index (κ2) is 7.44. The molecule has 3 rings (SSSR count). The zero-order chi connectivity index (χ0) is 17.8. The van der Waals surface area contributed by atoms with Crippen molar-refractivity contribution in [1.82, 2.24) is 15.6 Å². The SMILES string of the molecule is C/C(=N\NC(=O)c1cc(-c2ccc(C)cc2)n[nH]1)c1ccc(Br)cc1. The lowest BCUT2D eigenvalue weighted by Crippen LogP contribution is -2.19. The fourth-order valence-corrected chi connectivity index (χ4v) is 2.53. The van der Waals surface area contributed by atoms with E-state index in [9.17, 15) is 4.79 Å². The number of hydrazone groups is 1. The van der Waals surface area contributed by atoms with E-state index in [1.165, 1.54) is 5.56 Å². The fraction of sp³-hybridized carbons (Fsp3) is 0.105. The van der Waals surface area contributed by atoms with Crippen LogP contribution in [0.25, 0.3) is 11.3 Å². The van der Waals surface area contributed by atoms with Gasteiger partial charge in [0.2, 0.25) is 0 Å². The number of carbonyl (C=O) groups is 1. The van der Waals surface area contributed by atoms with Gasteiger partial charge in [0.25, 0.3) is 5.91 Å². The molecule has 1 heterocycles. The first-order valence-electron chi connectivity index (χ1n) is 7.76. The molecule has 25 heavy (non-hydrogen) atoms. The zero-order valence-electron chi connectivity index (χ0n) is 13.9. The average Bonchev–Trinajstić information content (AvgIpc) is 3.11. The Bertz CT molecular complexity index is 911. The summed E-state index contributed by atoms with van der Waals surface area (Å²) in [5.74, 6) is -0.331. The molecule has 0 aliphatic heterocycles. The van der Waals surface area contributed by atoms with E-state index in [2.05, 4.69) is 36.7 Å². The Kier molecular flexibility index (Phi) is 5.09. The molecule has 0 fully saturated rings. The van der Waals surface area contributed by atoms with Crippen molar-refractivity contribution < 1.29 is 4.79 Å². The van der Waals surface area contributed by atoms with Gasteiger partial charge in [0, 0.05) is 10.0 Å². The Hall–Kier alpha value is -2.73. The molecule has 0 bridgehead atoms. The Balaban J connectivity index is 1.70. The van der Waals surface area contributed by atoms with Crippen LogP contribution >= 0.6 is 15.9 Å². The Morgan fingerprint density at radius 1 is 1.12 bits per heavy atom. The molecule has 0 spiro atoms. The van der Waals surface area contributed by atoms with Gasteiger partial charge in [-0.2, -0.15) is 10.2 Å². The minimum absolute atomic E-state index is 0.331. The normalized spacial score (nSPS) is 11.4. The van der Waals surface area contributed by atoms with Crippen molar-refractivity contribution in [2.45, 2.75) is 13.8 Å². The predicted octanol–water partition coefficient (Wildman–Crippen LogP) is 4.30. The van der Waals surface area contributed by atoms with E-state index in [4.69, 9.17) is 0 Å². The molecule has 2 aromatic carbocycles. The van der Waals surface area contributed by atoms with Crippen LogP contribution in [0, 0.1) is 6.92 Å². The molecule has 1 aromatic heterocycles. The van der Waals surface area contributed by atoms with Gasteiger partial charge in [-0.3, -0.25) is 9.89 Å². The lowest BCUT2D eigenvalue weighted by atomic mass is 10.1. The highest BCUT2D eigenvalue weighted by Gasteiger charge is 2.10. The van der Waals surface area contributed by atoms with Gasteiger partial charge >= 0.3 is 0 Å². The maximum Gasteiger partial charge on any atom is 0.289 e. The molecule has 0 saturated heterocycles. The van der Waals surface area contributed by atoms with Gasteiger partial charge in [-0.15, -0.1) is 0 Å². The molecule has 0 radical (unpaired) electrons. The smallest absolute Gasteiger partial charge is 0.272 e. The number of aromatic nitrogens is 2. The number of aryl methyl sites for hydroxylation is 1. The molecule has 2 N–H and O–H groups in total. The molecule has 3 aromatic rings. The molecular formula is C19H17BrN4O. The Labute approximate surface area is 154 Å². The van der Waals surface area contributed by atoms with E-state index in [0.29, 0.717) is 5.69 Å². The number of H-pyrrole nitrogens is 1. The van der Waals surface area contributed by atoms with Gasteiger partial charge in [-0.25, -0.2) is 5.43 Å².